The molecule has 17 heavy (non-hydrogen) atoms. The Kier molecular flexibility index (Phi) is 4.60. The summed E-state index contributed by atoms with van der Waals surface area (Å²) in [6.07, 6.45) is 0. The fourth-order valence-electron chi connectivity index (χ4n) is 1.59. The summed E-state index contributed by atoms with van der Waals surface area (Å²) in [4.78, 5) is 10.8. The van der Waals surface area contributed by atoms with Gasteiger partial charge in [0.25, 0.3) is 0 Å². The highest BCUT2D eigenvalue weighted by atomic mass is 32.2. The molecule has 3 nitrogen and oxygen atoms in total. The predicted octanol–water partition coefficient (Wildman–Crippen LogP) is 2.34. The van der Waals surface area contributed by atoms with E-state index in [0.29, 0.717) is 5.75 Å². The lowest BCUT2D eigenvalue weighted by atomic mass is 10.1. The molecule has 0 heterocycles. The minimum absolute atomic E-state index is 0.412. The van der Waals surface area contributed by atoms with Gasteiger partial charge in [0.05, 0.1) is 0 Å². The number of thioether (sulfide) groups is 1. The van der Waals surface area contributed by atoms with Crippen LogP contribution in [0.5, 0.6) is 0 Å². The Labute approximate surface area is 106 Å². The zero-order chi connectivity index (χ0) is 13.1. The van der Waals surface area contributed by atoms with Gasteiger partial charge in [-0.25, -0.2) is 0 Å². The van der Waals surface area contributed by atoms with E-state index in [9.17, 15) is 4.79 Å². The summed E-state index contributed by atoms with van der Waals surface area (Å²) in [6.45, 7) is 5.67. The van der Waals surface area contributed by atoms with Gasteiger partial charge < -0.3 is 10.8 Å². The Hall–Kier alpha value is -1.00. The predicted molar refractivity (Wildman–Crippen MR) is 72.3 cm³/mol. The first-order chi connectivity index (χ1) is 7.81. The van der Waals surface area contributed by atoms with Crippen LogP contribution in [0.3, 0.4) is 0 Å². The number of nitrogens with two attached hydrogens (primary N) is 1. The third kappa shape index (κ3) is 4.40. The summed E-state index contributed by atoms with van der Waals surface area (Å²) >= 11 is 1.55. The summed E-state index contributed by atoms with van der Waals surface area (Å²) in [5.74, 6) is 0.253. The number of carbonyl (C=O) groups is 1. The van der Waals surface area contributed by atoms with Crippen LogP contribution in [0.15, 0.2) is 18.2 Å². The minimum Gasteiger partial charge on any atom is -0.480 e. The van der Waals surface area contributed by atoms with E-state index in [4.69, 9.17) is 10.8 Å². The van der Waals surface area contributed by atoms with Crippen molar-refractivity contribution in [2.45, 2.75) is 32.1 Å². The molecule has 0 saturated carbocycles. The van der Waals surface area contributed by atoms with Gasteiger partial charge in [0, 0.05) is 11.5 Å². The van der Waals surface area contributed by atoms with Crippen LogP contribution in [-0.4, -0.2) is 22.4 Å². The molecule has 0 fully saturated rings. The van der Waals surface area contributed by atoms with Gasteiger partial charge >= 0.3 is 5.97 Å². The molecule has 1 unspecified atom stereocenters. The lowest BCUT2D eigenvalue weighted by Crippen LogP contribution is -2.47. The largest absolute Gasteiger partial charge is 0.480 e. The van der Waals surface area contributed by atoms with Crippen LogP contribution < -0.4 is 5.73 Å². The zero-order valence-corrected chi connectivity index (χ0v) is 11.3. The van der Waals surface area contributed by atoms with Crippen molar-refractivity contribution in [2.75, 3.05) is 5.75 Å². The Balaban J connectivity index is 2.54. The van der Waals surface area contributed by atoms with E-state index in [1.165, 1.54) is 16.7 Å². The third-order valence-corrected chi connectivity index (χ3v) is 3.78. The fourth-order valence-corrected chi connectivity index (χ4v) is 2.65. The minimum atomic E-state index is -1.15. The summed E-state index contributed by atoms with van der Waals surface area (Å²) in [5, 5.41) is 8.89. The second-order valence-electron chi connectivity index (χ2n) is 4.71. The summed E-state index contributed by atoms with van der Waals surface area (Å²) in [5.41, 5.74) is 8.19. The molecule has 94 valence electrons. The van der Waals surface area contributed by atoms with Gasteiger partial charge in [-0.2, -0.15) is 11.8 Å². The molecular formula is C13H19NO2S. The second-order valence-corrected chi connectivity index (χ2v) is 5.70. The van der Waals surface area contributed by atoms with Crippen LogP contribution >= 0.6 is 11.8 Å². The topological polar surface area (TPSA) is 63.3 Å². The molecule has 1 aromatic rings. The highest BCUT2D eigenvalue weighted by molar-refractivity contribution is 7.98. The van der Waals surface area contributed by atoms with Gasteiger partial charge in [-0.3, -0.25) is 4.79 Å². The smallest absolute Gasteiger partial charge is 0.324 e. The van der Waals surface area contributed by atoms with E-state index < -0.39 is 11.5 Å². The standard InChI is InChI=1S/C13H19NO2S/c1-9-4-10(2)6-11(5-9)7-17-8-13(3,14)12(15)16/h4-6H,7-8,14H2,1-3H3,(H,15,16). The molecule has 0 aromatic heterocycles. The lowest BCUT2D eigenvalue weighted by molar-refractivity contribution is -0.141. The number of hydrogen-bond donors (Lipinski definition) is 2. The van der Waals surface area contributed by atoms with E-state index in [1.54, 1.807) is 18.7 Å². The molecule has 4 heteroatoms. The first-order valence-electron chi connectivity index (χ1n) is 5.48. The molecule has 1 rings (SSSR count). The molecule has 0 aliphatic heterocycles. The Morgan fingerprint density at radius 3 is 2.35 bits per heavy atom. The van der Waals surface area contributed by atoms with Crippen LogP contribution in [0.2, 0.25) is 0 Å². The number of aryl methyl sites for hydroxylation is 2. The van der Waals surface area contributed by atoms with Crippen molar-refractivity contribution in [1.29, 1.82) is 0 Å². The first kappa shape index (κ1) is 14.1. The van der Waals surface area contributed by atoms with Crippen molar-refractivity contribution in [3.8, 4) is 0 Å². The van der Waals surface area contributed by atoms with Crippen molar-refractivity contribution in [1.82, 2.24) is 0 Å². The van der Waals surface area contributed by atoms with Gasteiger partial charge in [-0.15, -0.1) is 0 Å². The maximum Gasteiger partial charge on any atom is 0.324 e. The molecular weight excluding hydrogens is 234 g/mol. The number of benzene rings is 1. The molecule has 0 aliphatic rings. The average Bonchev–Trinajstić information content (AvgIpc) is 2.15. The van der Waals surface area contributed by atoms with Gasteiger partial charge in [-0.1, -0.05) is 29.3 Å². The van der Waals surface area contributed by atoms with E-state index in [1.807, 2.05) is 0 Å². The van der Waals surface area contributed by atoms with Crippen molar-refractivity contribution in [2.24, 2.45) is 5.73 Å². The van der Waals surface area contributed by atoms with Gasteiger partial charge in [0.1, 0.15) is 5.54 Å². The highest BCUT2D eigenvalue weighted by Gasteiger charge is 2.27. The monoisotopic (exact) mass is 253 g/mol. The summed E-state index contributed by atoms with van der Waals surface area (Å²) in [7, 11) is 0. The molecule has 0 bridgehead atoms. The van der Waals surface area contributed by atoms with Crippen molar-refractivity contribution < 1.29 is 9.90 Å². The molecule has 1 atom stereocenters. The Morgan fingerprint density at radius 2 is 1.88 bits per heavy atom. The third-order valence-electron chi connectivity index (χ3n) is 2.44. The van der Waals surface area contributed by atoms with Crippen LogP contribution in [-0.2, 0) is 10.5 Å². The number of carboxylic acids is 1. The summed E-state index contributed by atoms with van der Waals surface area (Å²) < 4.78 is 0. The fraction of sp³-hybridized carbons (Fsp3) is 0.462. The molecule has 0 radical (unpaired) electrons. The molecule has 1 aromatic carbocycles. The van der Waals surface area contributed by atoms with Crippen LogP contribution in [0.4, 0.5) is 0 Å². The van der Waals surface area contributed by atoms with Gasteiger partial charge in [-0.05, 0) is 26.3 Å². The number of aliphatic carboxylic acids is 1. The second kappa shape index (κ2) is 5.56. The maximum absolute atomic E-state index is 10.8. The SMILES string of the molecule is Cc1cc(C)cc(CSCC(C)(N)C(=O)O)c1. The first-order valence-corrected chi connectivity index (χ1v) is 6.64. The highest BCUT2D eigenvalue weighted by Crippen LogP contribution is 2.19. The van der Waals surface area contributed by atoms with Crippen molar-refractivity contribution in [3.05, 3.63) is 34.9 Å². The lowest BCUT2D eigenvalue weighted by Gasteiger charge is -2.18. The van der Waals surface area contributed by atoms with E-state index in [2.05, 4.69) is 32.0 Å². The quantitative estimate of drug-likeness (QED) is 0.845. The summed E-state index contributed by atoms with van der Waals surface area (Å²) in [6, 6.07) is 6.36. The van der Waals surface area contributed by atoms with Crippen LogP contribution in [0.25, 0.3) is 0 Å². The van der Waals surface area contributed by atoms with E-state index in [-0.39, 0.29) is 0 Å². The zero-order valence-electron chi connectivity index (χ0n) is 10.5. The average molecular weight is 253 g/mol. The van der Waals surface area contributed by atoms with Gasteiger partial charge in [0.15, 0.2) is 0 Å². The molecule has 0 aliphatic carbocycles. The maximum atomic E-state index is 10.8. The van der Waals surface area contributed by atoms with Crippen molar-refractivity contribution in [3.63, 3.8) is 0 Å². The molecule has 0 amide bonds. The molecule has 3 N–H and O–H groups in total. The number of hydrogen-bond acceptors (Lipinski definition) is 3. The van der Waals surface area contributed by atoms with E-state index >= 15 is 0 Å². The number of carboxylic acid groups (broad SMARTS) is 1. The Morgan fingerprint density at radius 1 is 1.35 bits per heavy atom. The molecule has 0 saturated heterocycles. The van der Waals surface area contributed by atoms with Crippen LogP contribution in [0, 0.1) is 13.8 Å². The van der Waals surface area contributed by atoms with E-state index in [0.717, 1.165) is 5.75 Å². The molecule has 0 spiro atoms. The van der Waals surface area contributed by atoms with Crippen molar-refractivity contribution >= 4 is 17.7 Å². The van der Waals surface area contributed by atoms with Crippen LogP contribution in [0.1, 0.15) is 23.6 Å². The number of rotatable bonds is 5. The normalized spacial score (nSPS) is 14.4. The Bertz CT molecular complexity index is 396. The van der Waals surface area contributed by atoms with Gasteiger partial charge in [0.2, 0.25) is 0 Å².